The minimum Gasteiger partial charge on any atom is -0.385 e. The number of hydrogen-bond acceptors (Lipinski definition) is 5. The van der Waals surface area contributed by atoms with Crippen molar-refractivity contribution in [3.8, 4) is 0 Å². The molecule has 2 heterocycles. The Balaban J connectivity index is 0.00000225. The van der Waals surface area contributed by atoms with Crippen LogP contribution in [0.2, 0.25) is 0 Å². The van der Waals surface area contributed by atoms with Crippen LogP contribution in [0.5, 0.6) is 0 Å². The van der Waals surface area contributed by atoms with Crippen LogP contribution >= 0.6 is 36.2 Å². The summed E-state index contributed by atoms with van der Waals surface area (Å²) in [6, 6.07) is 6.32. The molecule has 30 heavy (non-hydrogen) atoms. The van der Waals surface area contributed by atoms with E-state index in [0.29, 0.717) is 6.54 Å². The summed E-state index contributed by atoms with van der Waals surface area (Å²) in [7, 11) is 3.58. The fourth-order valence-corrected chi connectivity index (χ4v) is 4.31. The summed E-state index contributed by atoms with van der Waals surface area (Å²) in [5.41, 5.74) is 3.27. The molecule has 0 saturated carbocycles. The van der Waals surface area contributed by atoms with Gasteiger partial charge in [0.05, 0.1) is 11.0 Å². The van der Waals surface area contributed by atoms with Gasteiger partial charge in [0.25, 0.3) is 5.91 Å². The summed E-state index contributed by atoms with van der Waals surface area (Å²) in [5.74, 6) is 0.0513. The summed E-state index contributed by atoms with van der Waals surface area (Å²) >= 11 is 1.45. The predicted octanol–water partition coefficient (Wildman–Crippen LogP) is 4.64. The summed E-state index contributed by atoms with van der Waals surface area (Å²) < 4.78 is 7.08. The van der Waals surface area contributed by atoms with Crippen molar-refractivity contribution in [3.05, 3.63) is 34.8 Å². The average Bonchev–Trinajstić information content (AvgIpc) is 3.16. The van der Waals surface area contributed by atoms with Gasteiger partial charge in [-0.05, 0) is 36.1 Å². The van der Waals surface area contributed by atoms with Crippen molar-refractivity contribution in [2.24, 2.45) is 5.41 Å². The molecule has 168 valence electrons. The number of nitrogens with one attached hydrogen (secondary N) is 1. The molecule has 0 saturated heterocycles. The standard InChI is InChI=1S/C21H30N4O2S.2ClH/c1-21(2,3)14-24(4)19(26)18-13-25-17-8-7-15(12-22-9-6-10-27-5)11-16(17)23-20(25)28-18;;/h7-8,11,13,22H,6,9-10,12,14H2,1-5H3;2*1H. The number of ether oxygens (including phenoxy) is 1. The maximum absolute atomic E-state index is 12.8. The highest BCUT2D eigenvalue weighted by Crippen LogP contribution is 2.26. The van der Waals surface area contributed by atoms with Gasteiger partial charge in [-0.3, -0.25) is 9.20 Å². The normalized spacial score (nSPS) is 11.4. The highest BCUT2D eigenvalue weighted by atomic mass is 35.5. The van der Waals surface area contributed by atoms with Gasteiger partial charge in [-0.1, -0.05) is 38.2 Å². The van der Waals surface area contributed by atoms with E-state index in [0.717, 1.165) is 47.0 Å². The Bertz CT molecular complexity index is 965. The van der Waals surface area contributed by atoms with E-state index in [1.54, 1.807) is 12.0 Å². The van der Waals surface area contributed by atoms with Gasteiger partial charge < -0.3 is 15.0 Å². The zero-order valence-corrected chi connectivity index (χ0v) is 20.7. The first-order valence-electron chi connectivity index (χ1n) is 9.64. The number of carbonyl (C=O) groups is 1. The van der Waals surface area contributed by atoms with Crippen molar-refractivity contribution in [1.82, 2.24) is 19.6 Å². The van der Waals surface area contributed by atoms with Crippen molar-refractivity contribution in [1.29, 1.82) is 0 Å². The van der Waals surface area contributed by atoms with Crippen LogP contribution in [-0.2, 0) is 11.3 Å². The first kappa shape index (κ1) is 26.7. The van der Waals surface area contributed by atoms with E-state index < -0.39 is 0 Å². The number of rotatable bonds is 8. The lowest BCUT2D eigenvalue weighted by molar-refractivity contribution is 0.0750. The molecule has 0 unspecified atom stereocenters. The fourth-order valence-electron chi connectivity index (χ4n) is 3.32. The van der Waals surface area contributed by atoms with E-state index >= 15 is 0 Å². The largest absolute Gasteiger partial charge is 0.385 e. The molecule has 0 bridgehead atoms. The lowest BCUT2D eigenvalue weighted by Gasteiger charge is -2.26. The van der Waals surface area contributed by atoms with Crippen LogP contribution in [0.15, 0.2) is 24.4 Å². The number of benzene rings is 1. The van der Waals surface area contributed by atoms with E-state index in [-0.39, 0.29) is 36.1 Å². The van der Waals surface area contributed by atoms with Gasteiger partial charge in [0.15, 0.2) is 4.96 Å². The number of aromatic nitrogens is 2. The number of methoxy groups -OCH3 is 1. The minimum atomic E-state index is 0. The van der Waals surface area contributed by atoms with Crippen molar-refractivity contribution in [3.63, 3.8) is 0 Å². The molecule has 0 spiro atoms. The molecule has 0 atom stereocenters. The van der Waals surface area contributed by atoms with E-state index in [2.05, 4.69) is 44.3 Å². The van der Waals surface area contributed by atoms with Gasteiger partial charge in [0.2, 0.25) is 0 Å². The van der Waals surface area contributed by atoms with Crippen LogP contribution in [-0.4, -0.2) is 54.0 Å². The number of amides is 1. The van der Waals surface area contributed by atoms with Crippen LogP contribution in [0.4, 0.5) is 0 Å². The Morgan fingerprint density at radius 3 is 2.70 bits per heavy atom. The maximum Gasteiger partial charge on any atom is 0.265 e. The monoisotopic (exact) mass is 474 g/mol. The third kappa shape index (κ3) is 6.56. The van der Waals surface area contributed by atoms with Crippen LogP contribution in [0.25, 0.3) is 16.0 Å². The summed E-state index contributed by atoms with van der Waals surface area (Å²) in [6.07, 6.45) is 2.92. The Morgan fingerprint density at radius 1 is 1.30 bits per heavy atom. The molecule has 1 aromatic carbocycles. The van der Waals surface area contributed by atoms with Crippen molar-refractivity contribution >= 4 is 58.1 Å². The molecule has 9 heteroatoms. The summed E-state index contributed by atoms with van der Waals surface area (Å²) in [6.45, 7) is 9.63. The molecule has 0 fully saturated rings. The van der Waals surface area contributed by atoms with Crippen LogP contribution in [0.3, 0.4) is 0 Å². The van der Waals surface area contributed by atoms with Crippen LogP contribution in [0.1, 0.15) is 42.4 Å². The van der Waals surface area contributed by atoms with Gasteiger partial charge in [0, 0.05) is 40.1 Å². The minimum absolute atomic E-state index is 0. The second kappa shape index (κ2) is 11.3. The van der Waals surface area contributed by atoms with Gasteiger partial charge in [0.1, 0.15) is 4.88 Å². The molecule has 2 aromatic heterocycles. The zero-order chi connectivity index (χ0) is 20.3. The van der Waals surface area contributed by atoms with Gasteiger partial charge >= 0.3 is 0 Å². The molecule has 0 aliphatic heterocycles. The fraction of sp³-hybridized carbons (Fsp3) is 0.524. The number of nitrogens with zero attached hydrogens (tertiary/aromatic N) is 3. The Kier molecular flexibility index (Phi) is 10.0. The molecule has 0 radical (unpaired) electrons. The Hall–Kier alpha value is -1.38. The van der Waals surface area contributed by atoms with Crippen LogP contribution < -0.4 is 5.32 Å². The molecular formula is C21H32Cl2N4O2S. The Labute approximate surface area is 194 Å². The van der Waals surface area contributed by atoms with Crippen molar-refractivity contribution in [2.75, 3.05) is 33.9 Å². The number of hydrogen-bond donors (Lipinski definition) is 1. The van der Waals surface area contributed by atoms with Crippen molar-refractivity contribution in [2.45, 2.75) is 33.7 Å². The zero-order valence-electron chi connectivity index (χ0n) is 18.2. The summed E-state index contributed by atoms with van der Waals surface area (Å²) in [5, 5.41) is 3.42. The molecule has 0 aliphatic carbocycles. The first-order valence-corrected chi connectivity index (χ1v) is 10.5. The maximum atomic E-state index is 12.8. The highest BCUT2D eigenvalue weighted by Gasteiger charge is 2.21. The van der Waals surface area contributed by atoms with Gasteiger partial charge in [-0.2, -0.15) is 0 Å². The summed E-state index contributed by atoms with van der Waals surface area (Å²) in [4.78, 5) is 20.9. The highest BCUT2D eigenvalue weighted by molar-refractivity contribution is 7.18. The molecule has 1 N–H and O–H groups in total. The van der Waals surface area contributed by atoms with Gasteiger partial charge in [-0.25, -0.2) is 4.98 Å². The molecule has 6 nitrogen and oxygen atoms in total. The molecular weight excluding hydrogens is 443 g/mol. The predicted molar refractivity (Wildman–Crippen MR) is 130 cm³/mol. The lowest BCUT2D eigenvalue weighted by Crippen LogP contribution is -2.34. The number of imidazole rings is 1. The number of halogens is 2. The molecule has 3 rings (SSSR count). The lowest BCUT2D eigenvalue weighted by atomic mass is 9.96. The van der Waals surface area contributed by atoms with E-state index in [9.17, 15) is 4.79 Å². The van der Waals surface area contributed by atoms with E-state index in [1.807, 2.05) is 17.6 Å². The van der Waals surface area contributed by atoms with E-state index in [4.69, 9.17) is 9.72 Å². The van der Waals surface area contributed by atoms with Crippen LogP contribution in [0, 0.1) is 5.41 Å². The second-order valence-corrected chi connectivity index (χ2v) is 9.44. The topological polar surface area (TPSA) is 58.9 Å². The quantitative estimate of drug-likeness (QED) is 0.483. The average molecular weight is 475 g/mol. The smallest absolute Gasteiger partial charge is 0.265 e. The van der Waals surface area contributed by atoms with E-state index in [1.165, 1.54) is 16.9 Å². The third-order valence-corrected chi connectivity index (χ3v) is 5.44. The Morgan fingerprint density at radius 2 is 2.03 bits per heavy atom. The molecule has 0 aliphatic rings. The molecule has 3 aromatic rings. The third-order valence-electron chi connectivity index (χ3n) is 4.47. The second-order valence-electron chi connectivity index (χ2n) is 8.43. The number of carbonyl (C=O) groups excluding carboxylic acids is 1. The number of thiazole rings is 1. The number of fused-ring (bicyclic) bond motifs is 3. The van der Waals surface area contributed by atoms with Crippen molar-refractivity contribution < 1.29 is 9.53 Å². The molecule has 1 amide bonds. The first-order chi connectivity index (χ1) is 13.3. The van der Waals surface area contributed by atoms with Gasteiger partial charge in [-0.15, -0.1) is 24.8 Å². The SMILES string of the molecule is COCCCNCc1ccc2c(c1)nc1sc(C(=O)N(C)CC(C)(C)C)cn12.Cl.Cl.